The number of carbonyl (C=O) groups is 1. The van der Waals surface area contributed by atoms with E-state index in [1.165, 1.54) is 6.07 Å². The Hall–Kier alpha value is -2.28. The molecule has 0 amide bonds. The summed E-state index contributed by atoms with van der Waals surface area (Å²) in [5.41, 5.74) is 6.57. The van der Waals surface area contributed by atoms with Gasteiger partial charge in [0.1, 0.15) is 0 Å². The van der Waals surface area contributed by atoms with Crippen LogP contribution in [0.4, 0.5) is 5.69 Å². The second-order valence-electron chi connectivity index (χ2n) is 3.95. The van der Waals surface area contributed by atoms with Crippen molar-refractivity contribution in [1.82, 2.24) is 9.55 Å². The van der Waals surface area contributed by atoms with Crippen LogP contribution < -0.4 is 11.4 Å². The predicted molar refractivity (Wildman–Crippen MR) is 73.1 cm³/mol. The smallest absolute Gasteiger partial charge is 0.333 e. The fourth-order valence-corrected chi connectivity index (χ4v) is 2.18. The maximum Gasteiger partial charge on any atom is 0.333 e. The number of fused-ring (bicyclic) bond motifs is 1. The highest BCUT2D eigenvalue weighted by molar-refractivity contribution is 9.10. The molecule has 3 N–H and O–H groups in total. The number of aromatic amines is 1. The third-order valence-electron chi connectivity index (χ3n) is 2.69. The van der Waals surface area contributed by atoms with Crippen LogP contribution in [0.3, 0.4) is 0 Å². The number of hydrogen-bond acceptors (Lipinski definition) is 4. The van der Waals surface area contributed by atoms with Gasteiger partial charge in [-0.15, -0.1) is 0 Å². The number of halogens is 1. The molecule has 0 spiro atoms. The lowest BCUT2D eigenvalue weighted by Crippen LogP contribution is -2.24. The SMILES string of the molecule is Nc1ccc2c(c1)[nH]c(=O)n2C(=O)c1ccc(Br)o1. The van der Waals surface area contributed by atoms with Gasteiger partial charge in [-0.3, -0.25) is 4.79 Å². The minimum atomic E-state index is -0.535. The first-order valence-electron chi connectivity index (χ1n) is 5.36. The molecule has 0 saturated carbocycles. The number of nitrogens with zero attached hydrogens (tertiary/aromatic N) is 1. The van der Waals surface area contributed by atoms with Crippen LogP contribution in [0.1, 0.15) is 10.6 Å². The normalized spacial score (nSPS) is 11.0. The van der Waals surface area contributed by atoms with Crippen molar-refractivity contribution in [2.24, 2.45) is 0 Å². The Morgan fingerprint density at radius 1 is 1.32 bits per heavy atom. The zero-order valence-electron chi connectivity index (χ0n) is 9.51. The Bertz CT molecular complexity index is 843. The molecule has 0 aliphatic carbocycles. The Kier molecular flexibility index (Phi) is 2.56. The van der Waals surface area contributed by atoms with Crippen molar-refractivity contribution in [3.63, 3.8) is 0 Å². The molecule has 3 aromatic rings. The van der Waals surface area contributed by atoms with Crippen LogP contribution in [-0.2, 0) is 0 Å². The fraction of sp³-hybridized carbons (Fsp3) is 0. The molecule has 6 nitrogen and oxygen atoms in total. The Labute approximate surface area is 114 Å². The van der Waals surface area contributed by atoms with E-state index in [1.54, 1.807) is 24.3 Å². The first kappa shape index (κ1) is 11.8. The summed E-state index contributed by atoms with van der Waals surface area (Å²) in [6.45, 7) is 0. The van der Waals surface area contributed by atoms with Crippen molar-refractivity contribution in [3.8, 4) is 0 Å². The van der Waals surface area contributed by atoms with Gasteiger partial charge in [-0.2, -0.15) is 0 Å². The number of nitrogen functional groups attached to an aromatic ring is 1. The third-order valence-corrected chi connectivity index (χ3v) is 3.12. The van der Waals surface area contributed by atoms with E-state index in [4.69, 9.17) is 10.2 Å². The molecular formula is C12H8BrN3O3. The van der Waals surface area contributed by atoms with Gasteiger partial charge in [0.2, 0.25) is 0 Å². The van der Waals surface area contributed by atoms with Crippen molar-refractivity contribution < 1.29 is 9.21 Å². The summed E-state index contributed by atoms with van der Waals surface area (Å²) in [6.07, 6.45) is 0. The van der Waals surface area contributed by atoms with E-state index in [2.05, 4.69) is 20.9 Å². The number of carbonyl (C=O) groups excluding carboxylic acids is 1. The van der Waals surface area contributed by atoms with Gasteiger partial charge in [0.25, 0.3) is 0 Å². The molecule has 0 fully saturated rings. The van der Waals surface area contributed by atoms with E-state index in [0.29, 0.717) is 21.4 Å². The van der Waals surface area contributed by atoms with Gasteiger partial charge in [0.15, 0.2) is 10.4 Å². The molecule has 0 bridgehead atoms. The monoisotopic (exact) mass is 321 g/mol. The number of imidazole rings is 1. The topological polar surface area (TPSA) is 94.0 Å². The lowest BCUT2D eigenvalue weighted by molar-refractivity contribution is 0.0932. The van der Waals surface area contributed by atoms with Crippen LogP contribution in [0.15, 0.2) is 44.2 Å². The summed E-state index contributed by atoms with van der Waals surface area (Å²) in [4.78, 5) is 26.7. The van der Waals surface area contributed by atoms with Crippen LogP contribution in [0, 0.1) is 0 Å². The van der Waals surface area contributed by atoms with Crippen molar-refractivity contribution in [1.29, 1.82) is 0 Å². The number of benzene rings is 1. The molecule has 2 heterocycles. The first-order valence-corrected chi connectivity index (χ1v) is 6.16. The van der Waals surface area contributed by atoms with Gasteiger partial charge >= 0.3 is 11.6 Å². The highest BCUT2D eigenvalue weighted by Crippen LogP contribution is 2.18. The largest absolute Gasteiger partial charge is 0.444 e. The lowest BCUT2D eigenvalue weighted by atomic mass is 10.3. The number of nitrogens with one attached hydrogen (secondary N) is 1. The minimum Gasteiger partial charge on any atom is -0.444 e. The molecule has 3 rings (SSSR count). The average molecular weight is 322 g/mol. The maximum atomic E-state index is 12.2. The predicted octanol–water partition coefficient (Wildman–Crippen LogP) is 1.96. The van der Waals surface area contributed by atoms with E-state index in [-0.39, 0.29) is 5.76 Å². The number of aromatic nitrogens is 2. The molecule has 19 heavy (non-hydrogen) atoms. The molecule has 2 aromatic heterocycles. The summed E-state index contributed by atoms with van der Waals surface area (Å²) in [5.74, 6) is -0.460. The number of H-pyrrole nitrogens is 1. The van der Waals surface area contributed by atoms with E-state index < -0.39 is 11.6 Å². The van der Waals surface area contributed by atoms with Crippen molar-refractivity contribution >= 4 is 38.6 Å². The van der Waals surface area contributed by atoms with Crippen molar-refractivity contribution in [2.45, 2.75) is 0 Å². The quantitative estimate of drug-likeness (QED) is 0.670. The summed E-state index contributed by atoms with van der Waals surface area (Å²) >= 11 is 3.11. The van der Waals surface area contributed by atoms with Gasteiger partial charge in [-0.1, -0.05) is 0 Å². The molecule has 0 aliphatic rings. The summed E-state index contributed by atoms with van der Waals surface area (Å²) in [7, 11) is 0. The molecule has 0 atom stereocenters. The lowest BCUT2D eigenvalue weighted by Gasteiger charge is -1.99. The van der Waals surface area contributed by atoms with E-state index in [0.717, 1.165) is 4.57 Å². The highest BCUT2D eigenvalue weighted by atomic mass is 79.9. The van der Waals surface area contributed by atoms with Gasteiger partial charge in [-0.05, 0) is 46.3 Å². The molecular weight excluding hydrogens is 314 g/mol. The number of nitrogens with two attached hydrogens (primary N) is 1. The second-order valence-corrected chi connectivity index (χ2v) is 4.73. The van der Waals surface area contributed by atoms with E-state index in [1.807, 2.05) is 0 Å². The molecule has 0 saturated heterocycles. The van der Waals surface area contributed by atoms with Crippen LogP contribution in [0.25, 0.3) is 11.0 Å². The standard InChI is InChI=1S/C12H8BrN3O3/c13-10-4-3-9(19-10)11(17)16-8-2-1-6(14)5-7(8)15-12(16)18/h1-5H,14H2,(H,15,18). The Morgan fingerprint density at radius 3 is 2.79 bits per heavy atom. The molecule has 1 aromatic carbocycles. The number of anilines is 1. The van der Waals surface area contributed by atoms with Gasteiger partial charge < -0.3 is 15.1 Å². The molecule has 7 heteroatoms. The average Bonchev–Trinajstić information content (AvgIpc) is 2.91. The second kappa shape index (κ2) is 4.13. The molecule has 0 unspecified atom stereocenters. The van der Waals surface area contributed by atoms with Crippen LogP contribution in [-0.4, -0.2) is 15.5 Å². The van der Waals surface area contributed by atoms with Crippen LogP contribution >= 0.6 is 15.9 Å². The number of hydrogen-bond donors (Lipinski definition) is 2. The number of rotatable bonds is 1. The number of furan rings is 1. The van der Waals surface area contributed by atoms with Gasteiger partial charge in [-0.25, -0.2) is 9.36 Å². The van der Waals surface area contributed by atoms with E-state index >= 15 is 0 Å². The summed E-state index contributed by atoms with van der Waals surface area (Å²) < 4.78 is 6.60. The highest BCUT2D eigenvalue weighted by Gasteiger charge is 2.18. The molecule has 96 valence electrons. The third kappa shape index (κ3) is 1.88. The van der Waals surface area contributed by atoms with Crippen molar-refractivity contribution in [2.75, 3.05) is 5.73 Å². The summed E-state index contributed by atoms with van der Waals surface area (Å²) in [6, 6.07) is 7.91. The zero-order valence-corrected chi connectivity index (χ0v) is 11.1. The maximum absolute atomic E-state index is 12.2. The molecule has 0 radical (unpaired) electrons. The summed E-state index contributed by atoms with van der Waals surface area (Å²) in [5, 5.41) is 0. The van der Waals surface area contributed by atoms with E-state index in [9.17, 15) is 9.59 Å². The van der Waals surface area contributed by atoms with Crippen molar-refractivity contribution in [3.05, 3.63) is 51.2 Å². The molecule has 0 aliphatic heterocycles. The van der Waals surface area contributed by atoms with Crippen LogP contribution in [0.2, 0.25) is 0 Å². The Morgan fingerprint density at radius 2 is 2.11 bits per heavy atom. The first-order chi connectivity index (χ1) is 9.06. The van der Waals surface area contributed by atoms with Crippen LogP contribution in [0.5, 0.6) is 0 Å². The zero-order chi connectivity index (χ0) is 13.6. The minimum absolute atomic E-state index is 0.0756. The Balaban J connectivity index is 2.22. The van der Waals surface area contributed by atoms with Gasteiger partial charge in [0.05, 0.1) is 11.0 Å². The fourth-order valence-electron chi connectivity index (χ4n) is 1.87. The van der Waals surface area contributed by atoms with Gasteiger partial charge in [0, 0.05) is 5.69 Å².